The number of fused-ring (bicyclic) bond motifs is 3. The van der Waals surface area contributed by atoms with Gasteiger partial charge in [-0.05, 0) is 28.1 Å². The van der Waals surface area contributed by atoms with Gasteiger partial charge >= 0.3 is 12.8 Å². The topological polar surface area (TPSA) is 34.1 Å². The highest BCUT2D eigenvalue weighted by Gasteiger charge is 2.49. The van der Waals surface area contributed by atoms with E-state index in [2.05, 4.69) is 25.7 Å². The van der Waals surface area contributed by atoms with E-state index >= 15 is 0 Å². The summed E-state index contributed by atoms with van der Waals surface area (Å²) in [4.78, 5) is 5.51. The first kappa shape index (κ1) is 19.2. The van der Waals surface area contributed by atoms with Gasteiger partial charge in [-0.25, -0.2) is 4.39 Å². The lowest BCUT2D eigenvalue weighted by molar-refractivity contribution is -0.0981. The van der Waals surface area contributed by atoms with Gasteiger partial charge in [0, 0.05) is 18.2 Å². The summed E-state index contributed by atoms with van der Waals surface area (Å²) >= 11 is 3.05. The highest BCUT2D eigenvalue weighted by molar-refractivity contribution is 9.10. The number of nitrogens with zero attached hydrogens (tertiary/aromatic N) is 2. The van der Waals surface area contributed by atoms with Gasteiger partial charge in [0.15, 0.2) is 23.2 Å². The summed E-state index contributed by atoms with van der Waals surface area (Å²) in [6.45, 7) is -3.35. The molecule has 4 rings (SSSR count). The minimum absolute atomic E-state index is 0.0647. The van der Waals surface area contributed by atoms with Crippen LogP contribution in [0, 0.1) is 5.82 Å². The van der Waals surface area contributed by atoms with Crippen LogP contribution in [-0.4, -0.2) is 36.7 Å². The molecule has 4 nitrogen and oxygen atoms in total. The third-order valence-corrected chi connectivity index (χ3v) is 5.29. The van der Waals surface area contributed by atoms with Gasteiger partial charge in [-0.15, -0.1) is 0 Å². The molecule has 0 saturated carbocycles. The number of hydrogen-bond acceptors (Lipinski definition) is 4. The van der Waals surface area contributed by atoms with E-state index in [4.69, 9.17) is 4.74 Å². The summed E-state index contributed by atoms with van der Waals surface area (Å²) in [5.74, 6) is -1.57. The quantitative estimate of drug-likeness (QED) is 0.581. The third kappa shape index (κ3) is 3.05. The van der Waals surface area contributed by atoms with Crippen molar-refractivity contribution in [3.63, 3.8) is 0 Å². The molecule has 0 amide bonds. The van der Waals surface area contributed by atoms with Gasteiger partial charge in [0.2, 0.25) is 0 Å². The molecule has 0 aliphatic carbocycles. The molecule has 3 aliphatic heterocycles. The van der Waals surface area contributed by atoms with Crippen molar-refractivity contribution < 1.29 is 35.8 Å². The van der Waals surface area contributed by atoms with Crippen LogP contribution in [0.3, 0.4) is 0 Å². The number of rotatable bonds is 2. The van der Waals surface area contributed by atoms with Crippen molar-refractivity contribution in [1.82, 2.24) is 4.90 Å². The van der Waals surface area contributed by atoms with Crippen LogP contribution in [0.25, 0.3) is 0 Å². The number of allylic oxidation sites excluding steroid dienone is 2. The van der Waals surface area contributed by atoms with Gasteiger partial charge in [-0.3, -0.25) is 4.99 Å². The summed E-state index contributed by atoms with van der Waals surface area (Å²) in [6.07, 6.45) is -3.25. The lowest BCUT2D eigenvalue weighted by atomic mass is 9.85. The van der Waals surface area contributed by atoms with Crippen LogP contribution in [0.15, 0.2) is 45.2 Å². The van der Waals surface area contributed by atoms with Crippen LogP contribution in [0.5, 0.6) is 5.75 Å². The molecule has 0 N–H and O–H groups in total. The van der Waals surface area contributed by atoms with E-state index in [-0.39, 0.29) is 35.6 Å². The summed E-state index contributed by atoms with van der Waals surface area (Å²) < 4.78 is 89.3. The fourth-order valence-corrected chi connectivity index (χ4v) is 3.80. The second-order valence-corrected chi connectivity index (χ2v) is 7.26. The molecule has 3 aliphatic rings. The van der Waals surface area contributed by atoms with Crippen LogP contribution in [-0.2, 0) is 10.3 Å². The third-order valence-electron chi connectivity index (χ3n) is 4.68. The number of ether oxygens (including phenoxy) is 2. The summed E-state index contributed by atoms with van der Waals surface area (Å²) in [5, 5.41) is 0. The first-order valence-electron chi connectivity index (χ1n) is 8.04. The zero-order valence-electron chi connectivity index (χ0n) is 13.9. The van der Waals surface area contributed by atoms with Crippen LogP contribution in [0.1, 0.15) is 12.0 Å². The Labute approximate surface area is 163 Å². The maximum atomic E-state index is 14.4. The van der Waals surface area contributed by atoms with Crippen molar-refractivity contribution in [2.24, 2.45) is 4.99 Å². The van der Waals surface area contributed by atoms with E-state index in [1.807, 2.05) is 0 Å². The lowest BCUT2D eigenvalue weighted by Gasteiger charge is -2.34. The number of halogens is 7. The number of benzene rings is 1. The molecule has 28 heavy (non-hydrogen) atoms. The molecule has 0 fully saturated rings. The van der Waals surface area contributed by atoms with Crippen molar-refractivity contribution in [3.8, 4) is 5.75 Å². The monoisotopic (exact) mass is 468 g/mol. The van der Waals surface area contributed by atoms with E-state index in [1.54, 1.807) is 6.07 Å². The standard InChI is InChI=1S/C17H11BrF6N2O2/c18-10-2-1-9-13(12(10)19)27-4-3-16(9)7-26-6-8(17(22,23)24)5-11(14(26)25-16)28-15(20)21/h1-2,5-6,15H,3-4,7H2/t16-/m1/s1. The summed E-state index contributed by atoms with van der Waals surface area (Å²) in [6, 6.07) is 2.99. The van der Waals surface area contributed by atoms with E-state index in [0.29, 0.717) is 11.6 Å². The Kier molecular flexibility index (Phi) is 4.40. The largest absolute Gasteiger partial charge is 0.490 e. The molecule has 0 bridgehead atoms. The van der Waals surface area contributed by atoms with Crippen molar-refractivity contribution in [3.05, 3.63) is 51.6 Å². The molecule has 0 unspecified atom stereocenters. The van der Waals surface area contributed by atoms with Gasteiger partial charge in [0.1, 0.15) is 5.54 Å². The molecule has 0 radical (unpaired) electrons. The zero-order valence-corrected chi connectivity index (χ0v) is 15.5. The first-order chi connectivity index (χ1) is 13.1. The molecule has 150 valence electrons. The molecule has 3 heterocycles. The van der Waals surface area contributed by atoms with Crippen molar-refractivity contribution in [2.45, 2.75) is 24.7 Å². The van der Waals surface area contributed by atoms with Gasteiger partial charge in [-0.2, -0.15) is 22.0 Å². The smallest absolute Gasteiger partial charge is 0.417 e. The van der Waals surface area contributed by atoms with Crippen molar-refractivity contribution in [1.29, 1.82) is 0 Å². The predicted octanol–water partition coefficient (Wildman–Crippen LogP) is 4.86. The SMILES string of the molecule is Fc1c(Br)ccc2c1OCC[C@@]21CN2C=C(C(F)(F)F)C=C(OC(F)F)C2=N1. The molecule has 1 spiro atoms. The van der Waals surface area contributed by atoms with E-state index in [0.717, 1.165) is 11.1 Å². The minimum atomic E-state index is -4.76. The molecular formula is C17H11BrF6N2O2. The first-order valence-corrected chi connectivity index (χ1v) is 8.84. The molecular weight excluding hydrogens is 458 g/mol. The normalized spacial score (nSPS) is 23.7. The Morgan fingerprint density at radius 1 is 1.29 bits per heavy atom. The van der Waals surface area contributed by atoms with Gasteiger partial charge in [-0.1, -0.05) is 6.07 Å². The number of hydrogen-bond donors (Lipinski definition) is 0. The zero-order chi connectivity index (χ0) is 20.3. The molecule has 1 aromatic carbocycles. The summed E-state index contributed by atoms with van der Waals surface area (Å²) in [7, 11) is 0. The Balaban J connectivity index is 1.82. The number of aliphatic imine (C=N–C) groups is 1. The summed E-state index contributed by atoms with van der Waals surface area (Å²) in [5.41, 5.74) is -1.96. The molecule has 1 atom stereocenters. The van der Waals surface area contributed by atoms with Crippen LogP contribution < -0.4 is 4.74 Å². The Bertz CT molecular complexity index is 927. The molecule has 0 aromatic heterocycles. The highest BCUT2D eigenvalue weighted by atomic mass is 79.9. The highest BCUT2D eigenvalue weighted by Crippen LogP contribution is 2.48. The van der Waals surface area contributed by atoms with Gasteiger partial charge in [0.05, 0.1) is 23.2 Å². The predicted molar refractivity (Wildman–Crippen MR) is 89.3 cm³/mol. The van der Waals surface area contributed by atoms with Crippen molar-refractivity contribution >= 4 is 21.8 Å². The van der Waals surface area contributed by atoms with Gasteiger partial charge < -0.3 is 14.4 Å². The van der Waals surface area contributed by atoms with E-state index < -0.39 is 35.5 Å². The Morgan fingerprint density at radius 2 is 2.04 bits per heavy atom. The fraction of sp³-hybridized carbons (Fsp3) is 0.353. The molecule has 0 saturated heterocycles. The van der Waals surface area contributed by atoms with Crippen LogP contribution >= 0.6 is 15.9 Å². The number of amidine groups is 1. The average Bonchev–Trinajstić information content (AvgIpc) is 2.96. The Morgan fingerprint density at radius 3 is 2.71 bits per heavy atom. The Hall–Kier alpha value is -2.17. The maximum absolute atomic E-state index is 14.4. The molecule has 1 aromatic rings. The number of alkyl halides is 5. The second kappa shape index (κ2) is 6.43. The van der Waals surface area contributed by atoms with Crippen molar-refractivity contribution in [2.75, 3.05) is 13.2 Å². The van der Waals surface area contributed by atoms with Crippen LogP contribution in [0.2, 0.25) is 0 Å². The van der Waals surface area contributed by atoms with E-state index in [9.17, 15) is 26.3 Å². The fourth-order valence-electron chi connectivity index (χ4n) is 3.49. The maximum Gasteiger partial charge on any atom is 0.417 e. The molecule has 11 heteroatoms. The van der Waals surface area contributed by atoms with E-state index in [1.165, 1.54) is 6.07 Å². The van der Waals surface area contributed by atoms with Gasteiger partial charge in [0.25, 0.3) is 0 Å². The lowest BCUT2D eigenvalue weighted by Crippen LogP contribution is -2.37. The van der Waals surface area contributed by atoms with Crippen LogP contribution in [0.4, 0.5) is 26.3 Å². The minimum Gasteiger partial charge on any atom is -0.490 e. The second-order valence-electron chi connectivity index (χ2n) is 6.40. The average molecular weight is 469 g/mol.